The second-order valence-electron chi connectivity index (χ2n) is 2.73. The summed E-state index contributed by atoms with van der Waals surface area (Å²) in [5.74, 6) is 0.887. The van der Waals surface area contributed by atoms with Crippen LogP contribution in [-0.2, 0) is 9.53 Å². The van der Waals surface area contributed by atoms with Crippen molar-refractivity contribution >= 4 is 5.91 Å². The highest BCUT2D eigenvalue weighted by molar-refractivity contribution is 5.73. The van der Waals surface area contributed by atoms with E-state index < -0.39 is 0 Å². The number of carbonyl (C=O) groups excluding carboxylic acids is 1. The number of carbonyl (C=O) groups is 1. The Morgan fingerprint density at radius 1 is 1.75 bits per heavy atom. The lowest BCUT2D eigenvalue weighted by atomic mass is 10.1. The Labute approximate surface area is 72.1 Å². The highest BCUT2D eigenvalue weighted by atomic mass is 16.5. The van der Waals surface area contributed by atoms with Gasteiger partial charge in [0.1, 0.15) is 0 Å². The summed E-state index contributed by atoms with van der Waals surface area (Å²) in [6.45, 7) is 1.51. The standard InChI is InChI=1S/C9H13NO2/c1-7(11)10-8-4-3-5-9(6-8)12-2/h3-5,8H,6H2,1-2H3,(H,10,11). The molecule has 1 unspecified atom stereocenters. The van der Waals surface area contributed by atoms with Gasteiger partial charge in [-0.1, -0.05) is 12.2 Å². The van der Waals surface area contributed by atoms with Crippen molar-refractivity contribution in [1.29, 1.82) is 0 Å². The summed E-state index contributed by atoms with van der Waals surface area (Å²) in [5, 5.41) is 2.80. The fourth-order valence-electron chi connectivity index (χ4n) is 1.16. The number of hydrogen-bond acceptors (Lipinski definition) is 2. The SMILES string of the molecule is COC1=CC=CC(NC(C)=O)C1. The fourth-order valence-corrected chi connectivity index (χ4v) is 1.16. The summed E-state index contributed by atoms with van der Waals surface area (Å²) in [7, 11) is 1.63. The molecule has 3 nitrogen and oxygen atoms in total. The molecule has 0 fully saturated rings. The molecular formula is C9H13NO2. The van der Waals surface area contributed by atoms with Crippen LogP contribution in [0.4, 0.5) is 0 Å². The smallest absolute Gasteiger partial charge is 0.217 e. The van der Waals surface area contributed by atoms with Crippen LogP contribution >= 0.6 is 0 Å². The maximum Gasteiger partial charge on any atom is 0.217 e. The van der Waals surface area contributed by atoms with Crippen molar-refractivity contribution in [3.05, 3.63) is 24.0 Å². The van der Waals surface area contributed by atoms with Gasteiger partial charge in [-0.15, -0.1) is 0 Å². The fraction of sp³-hybridized carbons (Fsp3) is 0.444. The second kappa shape index (κ2) is 3.95. The maximum atomic E-state index is 10.7. The highest BCUT2D eigenvalue weighted by Gasteiger charge is 2.11. The molecule has 3 heteroatoms. The molecule has 0 aliphatic heterocycles. The monoisotopic (exact) mass is 167 g/mol. The lowest BCUT2D eigenvalue weighted by Crippen LogP contribution is -2.32. The highest BCUT2D eigenvalue weighted by Crippen LogP contribution is 2.12. The molecule has 1 rings (SSSR count). The molecule has 0 saturated heterocycles. The third kappa shape index (κ3) is 2.42. The van der Waals surface area contributed by atoms with E-state index in [0.29, 0.717) is 0 Å². The number of rotatable bonds is 2. The molecule has 0 aromatic heterocycles. The summed E-state index contributed by atoms with van der Waals surface area (Å²) in [5.41, 5.74) is 0. The predicted molar refractivity (Wildman–Crippen MR) is 46.5 cm³/mol. The molecule has 12 heavy (non-hydrogen) atoms. The van der Waals surface area contributed by atoms with Crippen molar-refractivity contribution in [2.75, 3.05) is 7.11 Å². The maximum absolute atomic E-state index is 10.7. The Morgan fingerprint density at radius 2 is 2.50 bits per heavy atom. The number of ether oxygens (including phenoxy) is 1. The van der Waals surface area contributed by atoms with Crippen molar-refractivity contribution in [2.45, 2.75) is 19.4 Å². The van der Waals surface area contributed by atoms with Gasteiger partial charge in [-0.2, -0.15) is 0 Å². The van der Waals surface area contributed by atoms with Crippen LogP contribution in [0.1, 0.15) is 13.3 Å². The molecule has 1 aliphatic rings. The molecule has 1 aliphatic carbocycles. The lowest BCUT2D eigenvalue weighted by molar-refractivity contribution is -0.119. The van der Waals surface area contributed by atoms with Crippen molar-refractivity contribution in [3.63, 3.8) is 0 Å². The molecule has 0 bridgehead atoms. The zero-order valence-corrected chi connectivity index (χ0v) is 7.33. The van der Waals surface area contributed by atoms with Crippen LogP contribution in [0.5, 0.6) is 0 Å². The van der Waals surface area contributed by atoms with Gasteiger partial charge in [0.05, 0.1) is 18.9 Å². The molecule has 0 saturated carbocycles. The summed E-state index contributed by atoms with van der Waals surface area (Å²) in [6, 6.07) is 0.0856. The average molecular weight is 167 g/mol. The van der Waals surface area contributed by atoms with Crippen LogP contribution in [-0.4, -0.2) is 19.1 Å². The molecule has 0 aromatic rings. The first-order valence-corrected chi connectivity index (χ1v) is 3.91. The van der Waals surface area contributed by atoms with Gasteiger partial charge >= 0.3 is 0 Å². The summed E-state index contributed by atoms with van der Waals surface area (Å²) in [4.78, 5) is 10.7. The molecule has 66 valence electrons. The molecule has 1 amide bonds. The van der Waals surface area contributed by atoms with Gasteiger partial charge in [0.15, 0.2) is 0 Å². The number of methoxy groups -OCH3 is 1. The van der Waals surface area contributed by atoms with Crippen LogP contribution in [0.2, 0.25) is 0 Å². The Kier molecular flexibility index (Phi) is 2.91. The van der Waals surface area contributed by atoms with Crippen molar-refractivity contribution in [1.82, 2.24) is 5.32 Å². The Bertz CT molecular complexity index is 231. The molecule has 0 radical (unpaired) electrons. The summed E-state index contributed by atoms with van der Waals surface area (Å²) >= 11 is 0. The lowest BCUT2D eigenvalue weighted by Gasteiger charge is -2.17. The van der Waals surface area contributed by atoms with Crippen molar-refractivity contribution < 1.29 is 9.53 Å². The average Bonchev–Trinajstić information content (AvgIpc) is 2.03. The van der Waals surface area contributed by atoms with Gasteiger partial charge in [0.2, 0.25) is 5.91 Å². The zero-order chi connectivity index (χ0) is 8.97. The minimum atomic E-state index is -0.0120. The minimum absolute atomic E-state index is 0.0120. The van der Waals surface area contributed by atoms with Crippen molar-refractivity contribution in [3.8, 4) is 0 Å². The Morgan fingerprint density at radius 3 is 3.08 bits per heavy atom. The molecule has 1 atom stereocenters. The first-order valence-electron chi connectivity index (χ1n) is 3.91. The third-order valence-corrected chi connectivity index (χ3v) is 1.70. The topological polar surface area (TPSA) is 38.3 Å². The van der Waals surface area contributed by atoms with E-state index in [0.717, 1.165) is 12.2 Å². The Balaban J connectivity index is 2.47. The zero-order valence-electron chi connectivity index (χ0n) is 7.33. The van der Waals surface area contributed by atoms with E-state index in [1.807, 2.05) is 18.2 Å². The Hall–Kier alpha value is -1.25. The largest absolute Gasteiger partial charge is 0.501 e. The van der Waals surface area contributed by atoms with E-state index in [1.54, 1.807) is 7.11 Å². The molecule has 0 heterocycles. The van der Waals surface area contributed by atoms with Gasteiger partial charge < -0.3 is 10.1 Å². The molecular weight excluding hydrogens is 154 g/mol. The summed E-state index contributed by atoms with van der Waals surface area (Å²) < 4.78 is 5.06. The van der Waals surface area contributed by atoms with Gasteiger partial charge in [0.25, 0.3) is 0 Å². The van der Waals surface area contributed by atoms with E-state index in [2.05, 4.69) is 5.32 Å². The molecule has 0 aromatic carbocycles. The predicted octanol–water partition coefficient (Wildman–Crippen LogP) is 0.981. The molecule has 1 N–H and O–H groups in total. The van der Waals surface area contributed by atoms with E-state index in [1.165, 1.54) is 6.92 Å². The van der Waals surface area contributed by atoms with Crippen LogP contribution in [0.15, 0.2) is 24.0 Å². The first-order chi connectivity index (χ1) is 5.72. The number of allylic oxidation sites excluding steroid dienone is 2. The van der Waals surface area contributed by atoms with Gasteiger partial charge in [-0.05, 0) is 6.08 Å². The second-order valence-corrected chi connectivity index (χ2v) is 2.73. The number of amides is 1. The third-order valence-electron chi connectivity index (χ3n) is 1.70. The first kappa shape index (κ1) is 8.84. The van der Waals surface area contributed by atoms with E-state index in [4.69, 9.17) is 4.74 Å². The summed E-state index contributed by atoms with van der Waals surface area (Å²) in [6.07, 6.45) is 6.48. The number of nitrogens with one attached hydrogen (secondary N) is 1. The minimum Gasteiger partial charge on any atom is -0.501 e. The van der Waals surface area contributed by atoms with Gasteiger partial charge in [-0.25, -0.2) is 0 Å². The van der Waals surface area contributed by atoms with Gasteiger partial charge in [-0.3, -0.25) is 4.79 Å². The number of hydrogen-bond donors (Lipinski definition) is 1. The van der Waals surface area contributed by atoms with E-state index in [9.17, 15) is 4.79 Å². The molecule has 0 spiro atoms. The normalized spacial score (nSPS) is 21.5. The van der Waals surface area contributed by atoms with Crippen LogP contribution in [0.3, 0.4) is 0 Å². The van der Waals surface area contributed by atoms with Crippen LogP contribution in [0.25, 0.3) is 0 Å². The van der Waals surface area contributed by atoms with Crippen LogP contribution in [0, 0.1) is 0 Å². The van der Waals surface area contributed by atoms with E-state index in [-0.39, 0.29) is 11.9 Å². The quantitative estimate of drug-likeness (QED) is 0.665. The van der Waals surface area contributed by atoms with Crippen molar-refractivity contribution in [2.24, 2.45) is 0 Å². The van der Waals surface area contributed by atoms with E-state index >= 15 is 0 Å². The van der Waals surface area contributed by atoms with Gasteiger partial charge in [0, 0.05) is 13.3 Å². The van der Waals surface area contributed by atoms with Crippen LogP contribution < -0.4 is 5.32 Å².